The van der Waals surface area contributed by atoms with E-state index in [-0.39, 0.29) is 28.8 Å². The first-order valence-electron chi connectivity index (χ1n) is 10.9. The van der Waals surface area contributed by atoms with Gasteiger partial charge in [0.1, 0.15) is 17.4 Å². The molecule has 1 saturated heterocycles. The normalized spacial score (nSPS) is 24.8. The maximum Gasteiger partial charge on any atom is 0.341 e. The van der Waals surface area contributed by atoms with Crippen LogP contribution in [0.1, 0.15) is 42.1 Å². The monoisotopic (exact) mass is 448 g/mol. The third-order valence-corrected chi connectivity index (χ3v) is 6.73. The average molecular weight is 448 g/mol. The molecule has 0 radical (unpaired) electrons. The fraction of sp³-hybridized carbons (Fsp3) is 0.545. The standard InChI is InChI=1S/C22H26F2N4O4/c1-32-21-18-15(20(29)12(22(30)31)9-28(18)14-6-13(14)23)17(25)16(24)19(21)27-5-4-10(8-27)7-26-11-2-3-11/h9-11,13-14,26H,2-8,25H2,1H3,(H,30,31)/t10-,13+,14-/m1/s1. The Labute approximate surface area is 182 Å². The Hall–Kier alpha value is -2.88. The van der Waals surface area contributed by atoms with Crippen LogP contribution in [-0.4, -0.2) is 54.6 Å². The second kappa shape index (κ2) is 7.61. The van der Waals surface area contributed by atoms with E-state index in [0.29, 0.717) is 25.0 Å². The highest BCUT2D eigenvalue weighted by Gasteiger charge is 2.42. The first kappa shape index (κ1) is 21.0. The summed E-state index contributed by atoms with van der Waals surface area (Å²) in [6.07, 6.45) is 3.34. The van der Waals surface area contributed by atoms with Crippen LogP contribution in [0.15, 0.2) is 11.0 Å². The number of benzene rings is 1. The van der Waals surface area contributed by atoms with Gasteiger partial charge in [0.05, 0.1) is 29.7 Å². The van der Waals surface area contributed by atoms with Crippen molar-refractivity contribution in [3.63, 3.8) is 0 Å². The molecule has 0 unspecified atom stereocenters. The van der Waals surface area contributed by atoms with Gasteiger partial charge in [0.2, 0.25) is 5.43 Å². The van der Waals surface area contributed by atoms with Gasteiger partial charge in [0, 0.05) is 31.7 Å². The van der Waals surface area contributed by atoms with E-state index >= 15 is 4.39 Å². The number of methoxy groups -OCH3 is 1. The summed E-state index contributed by atoms with van der Waals surface area (Å²) in [5.74, 6) is -1.89. The number of aromatic carboxylic acids is 1. The maximum absolute atomic E-state index is 15.6. The Morgan fingerprint density at radius 3 is 2.69 bits per heavy atom. The number of halogens is 2. The van der Waals surface area contributed by atoms with Gasteiger partial charge in [-0.25, -0.2) is 13.6 Å². The Morgan fingerprint density at radius 2 is 2.09 bits per heavy atom. The Kier molecular flexibility index (Phi) is 4.99. The number of pyridine rings is 1. The number of anilines is 2. The van der Waals surface area contributed by atoms with Crippen LogP contribution >= 0.6 is 0 Å². The molecular formula is C22H26F2N4O4. The lowest BCUT2D eigenvalue weighted by molar-refractivity contribution is 0.0694. The highest BCUT2D eigenvalue weighted by Crippen LogP contribution is 2.47. The van der Waals surface area contributed by atoms with Gasteiger partial charge in [-0.2, -0.15) is 0 Å². The van der Waals surface area contributed by atoms with Crippen molar-refractivity contribution in [2.45, 2.75) is 43.9 Å². The molecular weight excluding hydrogens is 422 g/mol. The summed E-state index contributed by atoms with van der Waals surface area (Å²) < 4.78 is 36.6. The zero-order chi connectivity index (χ0) is 22.7. The van der Waals surface area contributed by atoms with Crippen LogP contribution < -0.4 is 26.1 Å². The SMILES string of the molecule is COc1c(N2CC[C@H](CNC3CC3)C2)c(F)c(N)c2c(=O)c(C(=O)O)cn([C@@H]3C[C@@H]3F)c12. The van der Waals surface area contributed by atoms with Gasteiger partial charge < -0.3 is 30.4 Å². The zero-order valence-electron chi connectivity index (χ0n) is 17.7. The summed E-state index contributed by atoms with van der Waals surface area (Å²) in [5.41, 5.74) is 4.43. The molecule has 1 aromatic heterocycles. The summed E-state index contributed by atoms with van der Waals surface area (Å²) >= 11 is 0. The molecule has 2 aliphatic carbocycles. The largest absolute Gasteiger partial charge is 0.492 e. The quantitative estimate of drug-likeness (QED) is 0.558. The van der Waals surface area contributed by atoms with Crippen molar-refractivity contribution < 1.29 is 23.4 Å². The fourth-order valence-corrected chi connectivity index (χ4v) is 4.72. The second-order valence-electron chi connectivity index (χ2n) is 9.02. The van der Waals surface area contributed by atoms with Gasteiger partial charge in [-0.05, 0) is 31.7 Å². The van der Waals surface area contributed by atoms with Crippen molar-refractivity contribution in [2.75, 3.05) is 37.4 Å². The molecule has 172 valence electrons. The van der Waals surface area contributed by atoms with Crippen LogP contribution in [0.25, 0.3) is 10.9 Å². The molecule has 8 nitrogen and oxygen atoms in total. The van der Waals surface area contributed by atoms with Gasteiger partial charge in [-0.1, -0.05) is 0 Å². The molecule has 32 heavy (non-hydrogen) atoms. The molecule has 1 aromatic carbocycles. The summed E-state index contributed by atoms with van der Waals surface area (Å²) in [5, 5.41) is 12.7. The van der Waals surface area contributed by atoms with E-state index in [0.717, 1.165) is 19.2 Å². The van der Waals surface area contributed by atoms with Crippen LogP contribution in [-0.2, 0) is 0 Å². The Balaban J connectivity index is 1.66. The molecule has 10 heteroatoms. The number of rotatable bonds is 7. The van der Waals surface area contributed by atoms with Crippen LogP contribution in [0.4, 0.5) is 20.2 Å². The highest BCUT2D eigenvalue weighted by atomic mass is 19.1. The van der Waals surface area contributed by atoms with Gasteiger partial charge in [0.15, 0.2) is 11.6 Å². The van der Waals surface area contributed by atoms with Crippen LogP contribution in [0.3, 0.4) is 0 Å². The van der Waals surface area contributed by atoms with Crippen molar-refractivity contribution in [2.24, 2.45) is 5.92 Å². The molecule has 1 aliphatic heterocycles. The number of nitrogens with two attached hydrogens (primary N) is 1. The van der Waals surface area contributed by atoms with Crippen LogP contribution in [0.5, 0.6) is 5.75 Å². The fourth-order valence-electron chi connectivity index (χ4n) is 4.72. The number of carbonyl (C=O) groups is 1. The minimum Gasteiger partial charge on any atom is -0.492 e. The molecule has 0 bridgehead atoms. The van der Waals surface area contributed by atoms with Gasteiger partial charge in [-0.15, -0.1) is 0 Å². The minimum absolute atomic E-state index is 0.0793. The lowest BCUT2D eigenvalue weighted by Crippen LogP contribution is -2.29. The topological polar surface area (TPSA) is 110 Å². The molecule has 3 fully saturated rings. The first-order chi connectivity index (χ1) is 15.3. The second-order valence-corrected chi connectivity index (χ2v) is 9.02. The molecule has 2 heterocycles. The summed E-state index contributed by atoms with van der Waals surface area (Å²) in [6, 6.07) is -0.0754. The van der Waals surface area contributed by atoms with E-state index in [4.69, 9.17) is 10.5 Å². The smallest absolute Gasteiger partial charge is 0.341 e. The summed E-state index contributed by atoms with van der Waals surface area (Å²) in [4.78, 5) is 26.4. The van der Waals surface area contributed by atoms with E-state index < -0.39 is 40.7 Å². The van der Waals surface area contributed by atoms with Gasteiger partial charge in [-0.3, -0.25) is 4.79 Å². The zero-order valence-corrected chi connectivity index (χ0v) is 17.7. The van der Waals surface area contributed by atoms with E-state index in [2.05, 4.69) is 5.32 Å². The predicted molar refractivity (Wildman–Crippen MR) is 116 cm³/mol. The van der Waals surface area contributed by atoms with Crippen LogP contribution in [0, 0.1) is 11.7 Å². The number of aromatic nitrogens is 1. The lowest BCUT2D eigenvalue weighted by atomic mass is 10.1. The number of hydrogen-bond acceptors (Lipinski definition) is 6. The van der Waals surface area contributed by atoms with E-state index in [9.17, 15) is 19.1 Å². The van der Waals surface area contributed by atoms with Crippen molar-refractivity contribution in [1.29, 1.82) is 0 Å². The Bertz CT molecular complexity index is 1160. The van der Waals surface area contributed by atoms with Crippen LogP contribution in [0.2, 0.25) is 0 Å². The molecule has 0 amide bonds. The number of carboxylic acid groups (broad SMARTS) is 1. The molecule has 0 spiro atoms. The predicted octanol–water partition coefficient (Wildman–Crippen LogP) is 2.29. The molecule has 3 atom stereocenters. The number of ether oxygens (including phenoxy) is 1. The third kappa shape index (κ3) is 3.37. The molecule has 2 aromatic rings. The first-order valence-corrected chi connectivity index (χ1v) is 10.9. The number of fused-ring (bicyclic) bond motifs is 1. The lowest BCUT2D eigenvalue weighted by Gasteiger charge is -2.26. The van der Waals surface area contributed by atoms with Crippen molar-refractivity contribution in [3.8, 4) is 5.75 Å². The molecule has 5 rings (SSSR count). The summed E-state index contributed by atoms with van der Waals surface area (Å²) in [6.45, 7) is 2.01. The number of carboxylic acids is 1. The maximum atomic E-state index is 15.6. The minimum atomic E-state index is -1.48. The van der Waals surface area contributed by atoms with E-state index in [1.807, 2.05) is 4.90 Å². The van der Waals surface area contributed by atoms with Crippen molar-refractivity contribution in [3.05, 3.63) is 27.8 Å². The number of alkyl halides is 1. The van der Waals surface area contributed by atoms with E-state index in [1.54, 1.807) is 0 Å². The van der Waals surface area contributed by atoms with Gasteiger partial charge >= 0.3 is 5.97 Å². The molecule has 4 N–H and O–H groups in total. The number of nitrogens with one attached hydrogen (secondary N) is 1. The number of hydrogen-bond donors (Lipinski definition) is 3. The highest BCUT2D eigenvalue weighted by molar-refractivity contribution is 6.03. The average Bonchev–Trinajstić information content (AvgIpc) is 3.67. The van der Waals surface area contributed by atoms with E-state index in [1.165, 1.54) is 24.5 Å². The summed E-state index contributed by atoms with van der Waals surface area (Å²) in [7, 11) is 1.36. The van der Waals surface area contributed by atoms with Gasteiger partial charge in [0.25, 0.3) is 0 Å². The number of nitrogen functional groups attached to an aromatic ring is 1. The van der Waals surface area contributed by atoms with Crippen molar-refractivity contribution in [1.82, 2.24) is 9.88 Å². The Morgan fingerprint density at radius 1 is 1.38 bits per heavy atom. The van der Waals surface area contributed by atoms with Crippen molar-refractivity contribution >= 4 is 28.2 Å². The molecule has 2 saturated carbocycles. The molecule has 3 aliphatic rings. The third-order valence-electron chi connectivity index (χ3n) is 6.73. The number of nitrogens with zero attached hydrogens (tertiary/aromatic N) is 2.